The lowest BCUT2D eigenvalue weighted by atomic mass is 10.0. The molecule has 1 fully saturated rings. The highest BCUT2D eigenvalue weighted by atomic mass is 32.2. The number of amides is 1. The van der Waals surface area contributed by atoms with Crippen molar-refractivity contribution in [3.63, 3.8) is 0 Å². The lowest BCUT2D eigenvalue weighted by Gasteiger charge is -2.24. The van der Waals surface area contributed by atoms with E-state index in [0.717, 1.165) is 24.0 Å². The van der Waals surface area contributed by atoms with Gasteiger partial charge in [-0.2, -0.15) is 4.31 Å². The van der Waals surface area contributed by atoms with E-state index in [9.17, 15) is 13.2 Å². The van der Waals surface area contributed by atoms with Crippen LogP contribution in [0.15, 0.2) is 59.5 Å². The first-order valence-electron chi connectivity index (χ1n) is 10.6. The van der Waals surface area contributed by atoms with Gasteiger partial charge in [0.25, 0.3) is 0 Å². The SMILES string of the molecule is CCN(CC)S(=O)(=O)c1ccc(C(C)NC(C(=O)NC2CC2)c2ccccc2)cc1. The molecule has 1 aliphatic carbocycles. The second-order valence-electron chi connectivity index (χ2n) is 7.67. The third kappa shape index (κ3) is 5.28. The Morgan fingerprint density at radius 1 is 1.00 bits per heavy atom. The van der Waals surface area contributed by atoms with Crippen LogP contribution in [0, 0.1) is 0 Å². The average molecular weight is 430 g/mol. The minimum absolute atomic E-state index is 0.0312. The van der Waals surface area contributed by atoms with Crippen LogP contribution in [0.1, 0.15) is 56.8 Å². The largest absolute Gasteiger partial charge is 0.352 e. The zero-order chi connectivity index (χ0) is 21.7. The number of hydrogen-bond donors (Lipinski definition) is 2. The molecule has 3 rings (SSSR count). The van der Waals surface area contributed by atoms with E-state index >= 15 is 0 Å². The monoisotopic (exact) mass is 429 g/mol. The molecular formula is C23H31N3O3S. The number of carbonyl (C=O) groups excluding carboxylic acids is 1. The van der Waals surface area contributed by atoms with Gasteiger partial charge in [-0.1, -0.05) is 56.3 Å². The third-order valence-corrected chi connectivity index (χ3v) is 7.52. The molecule has 1 saturated carbocycles. The summed E-state index contributed by atoms with van der Waals surface area (Å²) in [5.41, 5.74) is 1.83. The van der Waals surface area contributed by atoms with Gasteiger partial charge in [-0.3, -0.25) is 10.1 Å². The zero-order valence-electron chi connectivity index (χ0n) is 17.8. The van der Waals surface area contributed by atoms with Crippen LogP contribution in [0.5, 0.6) is 0 Å². The van der Waals surface area contributed by atoms with E-state index < -0.39 is 16.1 Å². The molecule has 2 atom stereocenters. The van der Waals surface area contributed by atoms with Gasteiger partial charge in [0.05, 0.1) is 4.90 Å². The second kappa shape index (κ2) is 9.73. The Labute approximate surface area is 179 Å². The molecular weight excluding hydrogens is 398 g/mol. The summed E-state index contributed by atoms with van der Waals surface area (Å²) in [5.74, 6) is -0.0312. The van der Waals surface area contributed by atoms with Crippen molar-refractivity contribution in [1.82, 2.24) is 14.9 Å². The smallest absolute Gasteiger partial charge is 0.243 e. The van der Waals surface area contributed by atoms with Crippen molar-refractivity contribution in [2.75, 3.05) is 13.1 Å². The summed E-state index contributed by atoms with van der Waals surface area (Å²) in [7, 11) is -3.48. The average Bonchev–Trinajstić information content (AvgIpc) is 3.57. The van der Waals surface area contributed by atoms with E-state index in [0.29, 0.717) is 13.1 Å². The lowest BCUT2D eigenvalue weighted by Crippen LogP contribution is -2.39. The minimum atomic E-state index is -3.48. The Morgan fingerprint density at radius 2 is 1.60 bits per heavy atom. The molecule has 6 nitrogen and oxygen atoms in total. The molecule has 2 aromatic rings. The van der Waals surface area contributed by atoms with Crippen LogP contribution in [0.3, 0.4) is 0 Å². The van der Waals surface area contributed by atoms with Gasteiger partial charge in [-0.15, -0.1) is 0 Å². The predicted octanol–water partition coefficient (Wildman–Crippen LogP) is 3.39. The van der Waals surface area contributed by atoms with Crippen LogP contribution in [0.2, 0.25) is 0 Å². The molecule has 0 radical (unpaired) electrons. The van der Waals surface area contributed by atoms with Gasteiger partial charge in [0.15, 0.2) is 0 Å². The fraction of sp³-hybridized carbons (Fsp3) is 0.435. The van der Waals surface area contributed by atoms with Crippen LogP contribution in [-0.4, -0.2) is 37.8 Å². The van der Waals surface area contributed by atoms with E-state index in [2.05, 4.69) is 10.6 Å². The molecule has 0 heterocycles. The molecule has 1 aliphatic rings. The maximum absolute atomic E-state index is 12.8. The summed E-state index contributed by atoms with van der Waals surface area (Å²) in [6.45, 7) is 6.52. The number of sulfonamides is 1. The Kier molecular flexibility index (Phi) is 7.28. The van der Waals surface area contributed by atoms with Gasteiger partial charge in [-0.25, -0.2) is 8.42 Å². The fourth-order valence-corrected chi connectivity index (χ4v) is 4.93. The molecule has 0 aliphatic heterocycles. The summed E-state index contributed by atoms with van der Waals surface area (Å²) >= 11 is 0. The highest BCUT2D eigenvalue weighted by molar-refractivity contribution is 7.89. The topological polar surface area (TPSA) is 78.5 Å². The molecule has 0 saturated heterocycles. The predicted molar refractivity (Wildman–Crippen MR) is 118 cm³/mol. The standard InChI is InChI=1S/C23H31N3O3S/c1-4-26(5-2)30(28,29)21-15-11-18(12-16-21)17(3)24-22(19-9-7-6-8-10-19)23(27)25-20-13-14-20/h6-12,15-17,20,22,24H,4-5,13-14H2,1-3H3,(H,25,27). The van der Waals surface area contributed by atoms with Crippen molar-refractivity contribution in [2.45, 2.75) is 56.6 Å². The lowest BCUT2D eigenvalue weighted by molar-refractivity contribution is -0.123. The first-order chi connectivity index (χ1) is 14.4. The van der Waals surface area contributed by atoms with Crippen LogP contribution >= 0.6 is 0 Å². The van der Waals surface area contributed by atoms with E-state index in [4.69, 9.17) is 0 Å². The van der Waals surface area contributed by atoms with Crippen molar-refractivity contribution in [2.24, 2.45) is 0 Å². The van der Waals surface area contributed by atoms with Gasteiger partial charge in [0.1, 0.15) is 6.04 Å². The number of nitrogens with one attached hydrogen (secondary N) is 2. The number of hydrogen-bond acceptors (Lipinski definition) is 4. The normalized spacial score (nSPS) is 16.3. The first kappa shape index (κ1) is 22.5. The first-order valence-corrected chi connectivity index (χ1v) is 12.0. The van der Waals surface area contributed by atoms with Crippen LogP contribution in [-0.2, 0) is 14.8 Å². The van der Waals surface area contributed by atoms with Gasteiger partial charge in [-0.05, 0) is 43.0 Å². The number of benzene rings is 2. The molecule has 0 spiro atoms. The minimum Gasteiger partial charge on any atom is -0.352 e. The van der Waals surface area contributed by atoms with E-state index in [1.165, 1.54) is 4.31 Å². The quantitative estimate of drug-likeness (QED) is 0.607. The summed E-state index contributed by atoms with van der Waals surface area (Å²) < 4.78 is 26.8. The fourth-order valence-electron chi connectivity index (χ4n) is 3.47. The highest BCUT2D eigenvalue weighted by Gasteiger charge is 2.29. The van der Waals surface area contributed by atoms with E-state index in [1.54, 1.807) is 12.1 Å². The Hall–Kier alpha value is -2.22. The van der Waals surface area contributed by atoms with Crippen LogP contribution in [0.4, 0.5) is 0 Å². The summed E-state index contributed by atoms with van der Waals surface area (Å²) in [6, 6.07) is 16.2. The molecule has 162 valence electrons. The number of nitrogens with zero attached hydrogens (tertiary/aromatic N) is 1. The van der Waals surface area contributed by atoms with Gasteiger partial charge < -0.3 is 5.32 Å². The summed E-state index contributed by atoms with van der Waals surface area (Å²) in [6.07, 6.45) is 2.07. The summed E-state index contributed by atoms with van der Waals surface area (Å²) in [4.78, 5) is 13.1. The Balaban J connectivity index is 1.77. The number of carbonyl (C=O) groups is 1. The highest BCUT2D eigenvalue weighted by Crippen LogP contribution is 2.25. The Bertz CT molecular complexity index is 937. The molecule has 2 unspecified atom stereocenters. The molecule has 2 N–H and O–H groups in total. The molecule has 1 amide bonds. The van der Waals surface area contributed by atoms with Crippen molar-refractivity contribution in [3.05, 3.63) is 65.7 Å². The van der Waals surface area contributed by atoms with Crippen molar-refractivity contribution >= 4 is 15.9 Å². The van der Waals surface area contributed by atoms with Crippen LogP contribution in [0.25, 0.3) is 0 Å². The summed E-state index contributed by atoms with van der Waals surface area (Å²) in [5, 5.41) is 6.49. The van der Waals surface area contributed by atoms with Crippen molar-refractivity contribution in [3.8, 4) is 0 Å². The maximum Gasteiger partial charge on any atom is 0.243 e. The Morgan fingerprint density at radius 3 is 2.13 bits per heavy atom. The van der Waals surface area contributed by atoms with Crippen LogP contribution < -0.4 is 10.6 Å². The molecule has 0 aromatic heterocycles. The maximum atomic E-state index is 12.8. The van der Waals surface area contributed by atoms with Gasteiger partial charge in [0.2, 0.25) is 15.9 Å². The third-order valence-electron chi connectivity index (χ3n) is 5.46. The molecule has 7 heteroatoms. The van der Waals surface area contributed by atoms with E-state index in [-0.39, 0.29) is 22.9 Å². The molecule has 2 aromatic carbocycles. The zero-order valence-corrected chi connectivity index (χ0v) is 18.7. The molecule has 0 bridgehead atoms. The van der Waals surface area contributed by atoms with Gasteiger partial charge >= 0.3 is 0 Å². The second-order valence-corrected chi connectivity index (χ2v) is 9.61. The van der Waals surface area contributed by atoms with E-state index in [1.807, 2.05) is 63.2 Å². The molecule has 30 heavy (non-hydrogen) atoms. The number of rotatable bonds is 10. The van der Waals surface area contributed by atoms with Gasteiger partial charge in [0, 0.05) is 25.2 Å². The van der Waals surface area contributed by atoms with Crippen molar-refractivity contribution in [1.29, 1.82) is 0 Å². The van der Waals surface area contributed by atoms with Crippen molar-refractivity contribution < 1.29 is 13.2 Å².